The van der Waals surface area contributed by atoms with Crippen molar-refractivity contribution in [3.63, 3.8) is 0 Å². The first-order chi connectivity index (χ1) is 13.0. The number of rotatable bonds is 6. The number of para-hydroxylation sites is 1. The van der Waals surface area contributed by atoms with Crippen LogP contribution >= 0.6 is 0 Å². The molecule has 27 heavy (non-hydrogen) atoms. The number of carbonyl (C=O) groups excluding carboxylic acids is 1. The maximum absolute atomic E-state index is 12.7. The molecular formula is C19H24N4O3S. The molecule has 1 aliphatic heterocycles. The van der Waals surface area contributed by atoms with Crippen LogP contribution in [0.15, 0.2) is 60.7 Å². The number of nitrogens with one attached hydrogen (secondary N) is 2. The number of amides is 2. The summed E-state index contributed by atoms with van der Waals surface area (Å²) in [5.74, 6) is 0. The molecule has 1 saturated heterocycles. The molecule has 1 aliphatic rings. The lowest BCUT2D eigenvalue weighted by Gasteiger charge is -2.30. The van der Waals surface area contributed by atoms with Crippen molar-refractivity contribution in [2.24, 2.45) is 0 Å². The van der Waals surface area contributed by atoms with E-state index in [9.17, 15) is 13.2 Å². The molecule has 0 spiro atoms. The van der Waals surface area contributed by atoms with Gasteiger partial charge in [-0.05, 0) is 30.5 Å². The van der Waals surface area contributed by atoms with Crippen molar-refractivity contribution in [1.82, 2.24) is 14.1 Å². The molecule has 0 unspecified atom stereocenters. The maximum atomic E-state index is 12.7. The fourth-order valence-electron chi connectivity index (χ4n) is 2.93. The van der Waals surface area contributed by atoms with Gasteiger partial charge in [-0.25, -0.2) is 9.80 Å². The molecule has 1 heterocycles. The van der Waals surface area contributed by atoms with Crippen molar-refractivity contribution in [1.29, 1.82) is 0 Å². The summed E-state index contributed by atoms with van der Waals surface area (Å²) in [4.78, 5) is 15.2. The minimum Gasteiger partial charge on any atom is -0.307 e. The highest BCUT2D eigenvalue weighted by Gasteiger charge is 2.28. The van der Waals surface area contributed by atoms with E-state index in [2.05, 4.69) is 10.1 Å². The van der Waals surface area contributed by atoms with Gasteiger partial charge in [0.1, 0.15) is 0 Å². The van der Waals surface area contributed by atoms with Crippen molar-refractivity contribution < 1.29 is 13.2 Å². The third kappa shape index (κ3) is 5.53. The highest BCUT2D eigenvalue weighted by atomic mass is 32.2. The van der Waals surface area contributed by atoms with Crippen LogP contribution in [0.25, 0.3) is 0 Å². The van der Waals surface area contributed by atoms with E-state index < -0.39 is 16.2 Å². The molecule has 2 N–H and O–H groups in total. The second-order valence-corrected chi connectivity index (χ2v) is 8.07. The lowest BCUT2D eigenvalue weighted by molar-refractivity contribution is 0.195. The van der Waals surface area contributed by atoms with Crippen molar-refractivity contribution in [2.75, 3.05) is 18.4 Å². The number of anilines is 1. The molecule has 0 radical (unpaired) electrons. The molecule has 0 saturated carbocycles. The monoisotopic (exact) mass is 388 g/mol. The lowest BCUT2D eigenvalue weighted by atomic mass is 10.2. The molecule has 2 aromatic rings. The number of hydrogen-bond donors (Lipinski definition) is 2. The number of benzene rings is 2. The van der Waals surface area contributed by atoms with Gasteiger partial charge in [-0.3, -0.25) is 0 Å². The van der Waals surface area contributed by atoms with Crippen molar-refractivity contribution in [3.05, 3.63) is 66.2 Å². The molecule has 0 bridgehead atoms. The first-order valence-corrected chi connectivity index (χ1v) is 10.4. The predicted octanol–water partition coefficient (Wildman–Crippen LogP) is 2.96. The van der Waals surface area contributed by atoms with E-state index in [4.69, 9.17) is 0 Å². The highest BCUT2D eigenvalue weighted by Crippen LogP contribution is 2.14. The smallest absolute Gasteiger partial charge is 0.307 e. The minimum absolute atomic E-state index is 0.118. The molecule has 7 nitrogen and oxygen atoms in total. The molecule has 0 aliphatic carbocycles. The van der Waals surface area contributed by atoms with Gasteiger partial charge in [-0.2, -0.15) is 12.7 Å². The molecule has 2 aromatic carbocycles. The van der Waals surface area contributed by atoms with E-state index in [1.165, 1.54) is 4.31 Å². The Balaban J connectivity index is 1.77. The molecule has 0 atom stereocenters. The number of nitrogens with zero attached hydrogens (tertiary/aromatic N) is 2. The van der Waals surface area contributed by atoms with Gasteiger partial charge in [0.2, 0.25) is 0 Å². The Hall–Kier alpha value is -2.42. The second-order valence-electron chi connectivity index (χ2n) is 6.42. The summed E-state index contributed by atoms with van der Waals surface area (Å²) in [6, 6.07) is 17.7. The van der Waals surface area contributed by atoms with Gasteiger partial charge in [0.25, 0.3) is 10.2 Å². The quantitative estimate of drug-likeness (QED) is 0.747. The van der Waals surface area contributed by atoms with Crippen LogP contribution in [0.1, 0.15) is 24.8 Å². The maximum Gasteiger partial charge on any atom is 0.337 e. The molecule has 1 fully saturated rings. The van der Waals surface area contributed by atoms with E-state index in [-0.39, 0.29) is 6.54 Å². The fourth-order valence-corrected chi connectivity index (χ4v) is 4.21. The van der Waals surface area contributed by atoms with Gasteiger partial charge in [0.15, 0.2) is 0 Å². The summed E-state index contributed by atoms with van der Waals surface area (Å²) in [6.45, 7) is 1.05. The summed E-state index contributed by atoms with van der Waals surface area (Å²) < 4.78 is 26.9. The number of carbonyl (C=O) groups is 1. The van der Waals surface area contributed by atoms with E-state index in [0.717, 1.165) is 29.8 Å². The zero-order valence-corrected chi connectivity index (χ0v) is 15.9. The van der Waals surface area contributed by atoms with Gasteiger partial charge in [0.05, 0.1) is 6.54 Å². The van der Waals surface area contributed by atoms with Crippen LogP contribution in [0.4, 0.5) is 10.5 Å². The largest absolute Gasteiger partial charge is 0.337 e. The van der Waals surface area contributed by atoms with Crippen molar-refractivity contribution in [2.45, 2.75) is 25.8 Å². The van der Waals surface area contributed by atoms with Crippen molar-refractivity contribution in [3.8, 4) is 0 Å². The van der Waals surface area contributed by atoms with Crippen LogP contribution in [0.3, 0.4) is 0 Å². The Labute approximate surface area is 160 Å². The topological polar surface area (TPSA) is 81.8 Å². The predicted molar refractivity (Wildman–Crippen MR) is 105 cm³/mol. The van der Waals surface area contributed by atoms with Gasteiger partial charge in [-0.15, -0.1) is 4.83 Å². The molecule has 144 valence electrons. The number of hydrogen-bond acceptors (Lipinski definition) is 3. The Morgan fingerprint density at radius 3 is 2.15 bits per heavy atom. The standard InChI is InChI=1S/C19H24N4O3S/c24-19(20-18-12-6-2-7-13-18)23(16-17-10-4-1-5-11-17)21-27(25,26)22-14-8-3-9-15-22/h1-2,4-7,10-13,21H,3,8-9,14-16H2,(H,20,24). The van der Waals surface area contributed by atoms with E-state index in [1.54, 1.807) is 24.3 Å². The first kappa shape index (κ1) is 19.3. The highest BCUT2D eigenvalue weighted by molar-refractivity contribution is 7.87. The summed E-state index contributed by atoms with van der Waals surface area (Å²) in [5, 5.41) is 3.83. The zero-order valence-electron chi connectivity index (χ0n) is 15.0. The van der Waals surface area contributed by atoms with Gasteiger partial charge in [-0.1, -0.05) is 55.0 Å². The van der Waals surface area contributed by atoms with Gasteiger partial charge >= 0.3 is 6.03 Å². The van der Waals surface area contributed by atoms with Crippen LogP contribution in [-0.4, -0.2) is 36.9 Å². The third-order valence-electron chi connectivity index (χ3n) is 4.33. The molecule has 3 rings (SSSR count). The van der Waals surface area contributed by atoms with E-state index in [1.807, 2.05) is 36.4 Å². The summed E-state index contributed by atoms with van der Waals surface area (Å²) in [6.07, 6.45) is 2.68. The number of hydrazine groups is 1. The van der Waals surface area contributed by atoms with Crippen LogP contribution in [0.5, 0.6) is 0 Å². The SMILES string of the molecule is O=C(Nc1ccccc1)N(Cc1ccccc1)NS(=O)(=O)N1CCCCC1. The lowest BCUT2D eigenvalue weighted by Crippen LogP contribution is -2.53. The Morgan fingerprint density at radius 1 is 0.926 bits per heavy atom. The van der Waals surface area contributed by atoms with Gasteiger partial charge < -0.3 is 5.32 Å². The van der Waals surface area contributed by atoms with Gasteiger partial charge in [0, 0.05) is 18.8 Å². The fraction of sp³-hybridized carbons (Fsp3) is 0.316. The van der Waals surface area contributed by atoms with Crippen molar-refractivity contribution >= 4 is 21.9 Å². The van der Waals surface area contributed by atoms with Crippen LogP contribution in [0, 0.1) is 0 Å². The van der Waals surface area contributed by atoms with Crippen LogP contribution < -0.4 is 10.1 Å². The Bertz CT molecular complexity index is 838. The number of piperidine rings is 1. The second kappa shape index (κ2) is 8.98. The third-order valence-corrected chi connectivity index (χ3v) is 5.83. The zero-order chi connectivity index (χ0) is 19.1. The normalized spacial score (nSPS) is 15.3. The van der Waals surface area contributed by atoms with E-state index in [0.29, 0.717) is 18.8 Å². The summed E-state index contributed by atoms with van der Waals surface area (Å²) in [7, 11) is -3.79. The minimum atomic E-state index is -3.79. The van der Waals surface area contributed by atoms with Crippen LogP contribution in [-0.2, 0) is 16.8 Å². The first-order valence-electron chi connectivity index (χ1n) is 8.99. The summed E-state index contributed by atoms with van der Waals surface area (Å²) in [5.41, 5.74) is 1.42. The molecule has 8 heteroatoms. The molecule has 2 amide bonds. The van der Waals surface area contributed by atoms with Crippen LogP contribution in [0.2, 0.25) is 0 Å². The summed E-state index contributed by atoms with van der Waals surface area (Å²) >= 11 is 0. The Kier molecular flexibility index (Phi) is 6.44. The molecule has 0 aromatic heterocycles. The number of urea groups is 1. The average molecular weight is 388 g/mol. The Morgan fingerprint density at radius 2 is 1.52 bits per heavy atom. The van der Waals surface area contributed by atoms with E-state index >= 15 is 0 Å². The molecular weight excluding hydrogens is 364 g/mol. The average Bonchev–Trinajstić information content (AvgIpc) is 2.69.